The zero-order valence-corrected chi connectivity index (χ0v) is 14.9. The fourth-order valence-electron chi connectivity index (χ4n) is 1.87. The average Bonchev–Trinajstić information content (AvgIpc) is 2.57. The van der Waals surface area contributed by atoms with Gasteiger partial charge in [0.25, 0.3) is 5.91 Å². The first-order chi connectivity index (χ1) is 11.5. The number of thioether (sulfide) groups is 1. The van der Waals surface area contributed by atoms with Gasteiger partial charge < -0.3 is 10.1 Å². The number of ether oxygens (including phenoxy) is 1. The van der Waals surface area contributed by atoms with E-state index in [0.29, 0.717) is 10.7 Å². The van der Waals surface area contributed by atoms with Crippen molar-refractivity contribution in [3.63, 3.8) is 0 Å². The Balaban J connectivity index is 1.88. The maximum Gasteiger partial charge on any atom is 0.319 e. The summed E-state index contributed by atoms with van der Waals surface area (Å²) >= 11 is 7.38. The molecule has 126 valence electrons. The topological polar surface area (TPSA) is 55.4 Å². The van der Waals surface area contributed by atoms with Gasteiger partial charge in [0.05, 0.1) is 10.7 Å². The van der Waals surface area contributed by atoms with Crippen molar-refractivity contribution in [2.75, 3.05) is 5.32 Å². The van der Waals surface area contributed by atoms with Gasteiger partial charge in [-0.3, -0.25) is 9.59 Å². The number of hydrogen-bond acceptors (Lipinski definition) is 4. The Labute approximate surface area is 150 Å². The molecule has 4 nitrogen and oxygen atoms in total. The van der Waals surface area contributed by atoms with E-state index < -0.39 is 23.2 Å². The van der Waals surface area contributed by atoms with E-state index in [1.807, 2.05) is 30.3 Å². The van der Waals surface area contributed by atoms with Crippen LogP contribution in [0.5, 0.6) is 0 Å². The first kappa shape index (κ1) is 18.4. The number of hydrogen-bond donors (Lipinski definition) is 1. The summed E-state index contributed by atoms with van der Waals surface area (Å²) in [5, 5.41) is 2.66. The summed E-state index contributed by atoms with van der Waals surface area (Å²) in [6.07, 6.45) is -0.910. The van der Waals surface area contributed by atoms with Crippen LogP contribution in [-0.2, 0) is 14.3 Å². The van der Waals surface area contributed by atoms with Crippen LogP contribution in [0.1, 0.15) is 13.8 Å². The minimum atomic E-state index is -0.910. The van der Waals surface area contributed by atoms with Crippen LogP contribution in [0.4, 0.5) is 5.69 Å². The quantitative estimate of drug-likeness (QED) is 0.610. The second kappa shape index (κ2) is 8.76. The minimum Gasteiger partial charge on any atom is -0.452 e. The van der Waals surface area contributed by atoms with Crippen LogP contribution >= 0.6 is 23.4 Å². The maximum absolute atomic E-state index is 12.1. The molecule has 0 aromatic heterocycles. The standard InChI is InChI=1S/C18H18ClNO3S/c1-12(17(21)20-16-11-7-6-10-15(16)19)23-18(22)13(2)24-14-8-4-3-5-9-14/h3-13H,1-2H3,(H,20,21)/t12-,13-/m0/s1. The van der Waals surface area contributed by atoms with Crippen LogP contribution in [0.15, 0.2) is 59.5 Å². The summed E-state index contributed by atoms with van der Waals surface area (Å²) in [5.41, 5.74) is 0.485. The van der Waals surface area contributed by atoms with Crippen LogP contribution in [0.3, 0.4) is 0 Å². The fourth-order valence-corrected chi connectivity index (χ4v) is 2.93. The Morgan fingerprint density at radius 1 is 1.04 bits per heavy atom. The molecule has 2 atom stereocenters. The second-order valence-electron chi connectivity index (χ2n) is 5.12. The van der Waals surface area contributed by atoms with Gasteiger partial charge in [0.1, 0.15) is 5.25 Å². The highest BCUT2D eigenvalue weighted by atomic mass is 35.5. The third-order valence-electron chi connectivity index (χ3n) is 3.18. The molecule has 24 heavy (non-hydrogen) atoms. The van der Waals surface area contributed by atoms with Gasteiger partial charge in [0, 0.05) is 4.90 Å². The molecular weight excluding hydrogens is 346 g/mol. The van der Waals surface area contributed by atoms with Crippen LogP contribution in [0.2, 0.25) is 5.02 Å². The van der Waals surface area contributed by atoms with Crippen molar-refractivity contribution >= 4 is 40.9 Å². The lowest BCUT2D eigenvalue weighted by molar-refractivity contribution is -0.152. The first-order valence-electron chi connectivity index (χ1n) is 7.45. The number of anilines is 1. The van der Waals surface area contributed by atoms with E-state index in [9.17, 15) is 9.59 Å². The molecule has 0 aliphatic heterocycles. The number of carbonyl (C=O) groups is 2. The molecule has 2 aromatic carbocycles. The molecule has 0 unspecified atom stereocenters. The Bertz CT molecular complexity index is 708. The molecule has 0 saturated carbocycles. The Hall–Kier alpha value is -1.98. The molecule has 0 radical (unpaired) electrons. The molecule has 0 fully saturated rings. The van der Waals surface area contributed by atoms with E-state index in [1.165, 1.54) is 18.7 Å². The highest BCUT2D eigenvalue weighted by Crippen LogP contribution is 2.24. The third-order valence-corrected chi connectivity index (χ3v) is 4.60. The van der Waals surface area contributed by atoms with Gasteiger partial charge in [-0.05, 0) is 38.1 Å². The van der Waals surface area contributed by atoms with Crippen LogP contribution < -0.4 is 5.32 Å². The summed E-state index contributed by atoms with van der Waals surface area (Å²) in [7, 11) is 0. The summed E-state index contributed by atoms with van der Waals surface area (Å²) in [5.74, 6) is -0.862. The number of carbonyl (C=O) groups excluding carboxylic acids is 2. The van der Waals surface area contributed by atoms with Gasteiger partial charge >= 0.3 is 5.97 Å². The second-order valence-corrected chi connectivity index (χ2v) is 6.94. The maximum atomic E-state index is 12.1. The molecule has 0 heterocycles. The number of rotatable bonds is 6. The average molecular weight is 364 g/mol. The van der Waals surface area contributed by atoms with Crippen LogP contribution in [0, 0.1) is 0 Å². The Morgan fingerprint density at radius 3 is 2.33 bits per heavy atom. The Morgan fingerprint density at radius 2 is 1.67 bits per heavy atom. The molecule has 0 bridgehead atoms. The van der Waals surface area contributed by atoms with E-state index in [-0.39, 0.29) is 0 Å². The smallest absolute Gasteiger partial charge is 0.319 e. The van der Waals surface area contributed by atoms with E-state index in [4.69, 9.17) is 16.3 Å². The summed E-state index contributed by atoms with van der Waals surface area (Å²) in [6, 6.07) is 16.4. The van der Waals surface area contributed by atoms with Crippen molar-refractivity contribution in [1.29, 1.82) is 0 Å². The van der Waals surface area contributed by atoms with Crippen molar-refractivity contribution in [1.82, 2.24) is 0 Å². The summed E-state index contributed by atoms with van der Waals surface area (Å²) < 4.78 is 5.24. The first-order valence-corrected chi connectivity index (χ1v) is 8.70. The lowest BCUT2D eigenvalue weighted by atomic mass is 10.3. The van der Waals surface area contributed by atoms with E-state index >= 15 is 0 Å². The number of halogens is 1. The van der Waals surface area contributed by atoms with Gasteiger partial charge in [0.15, 0.2) is 6.10 Å². The molecule has 0 aliphatic carbocycles. The number of para-hydroxylation sites is 1. The monoisotopic (exact) mass is 363 g/mol. The van der Waals surface area contributed by atoms with Crippen molar-refractivity contribution in [2.24, 2.45) is 0 Å². The van der Waals surface area contributed by atoms with Crippen molar-refractivity contribution in [3.8, 4) is 0 Å². The minimum absolute atomic E-state index is 0.414. The molecule has 2 aromatic rings. The number of nitrogens with one attached hydrogen (secondary N) is 1. The van der Waals surface area contributed by atoms with E-state index in [1.54, 1.807) is 31.2 Å². The SMILES string of the molecule is C[C@H](OC(=O)[C@H](C)Sc1ccccc1)C(=O)Nc1ccccc1Cl. The van der Waals surface area contributed by atoms with Crippen molar-refractivity contribution in [3.05, 3.63) is 59.6 Å². The van der Waals surface area contributed by atoms with Crippen molar-refractivity contribution in [2.45, 2.75) is 30.1 Å². The van der Waals surface area contributed by atoms with Crippen LogP contribution in [-0.4, -0.2) is 23.2 Å². The van der Waals surface area contributed by atoms with Gasteiger partial charge in [-0.1, -0.05) is 41.9 Å². The molecule has 0 aliphatic rings. The zero-order chi connectivity index (χ0) is 17.5. The lowest BCUT2D eigenvalue weighted by Gasteiger charge is -2.17. The van der Waals surface area contributed by atoms with Gasteiger partial charge in [-0.15, -0.1) is 11.8 Å². The summed E-state index contributed by atoms with van der Waals surface area (Å²) in [4.78, 5) is 25.2. The molecule has 1 N–H and O–H groups in total. The van der Waals surface area contributed by atoms with Gasteiger partial charge in [0.2, 0.25) is 0 Å². The third kappa shape index (κ3) is 5.28. The predicted molar refractivity (Wildman–Crippen MR) is 97.4 cm³/mol. The number of amides is 1. The fraction of sp³-hybridized carbons (Fsp3) is 0.222. The van der Waals surface area contributed by atoms with Gasteiger partial charge in [-0.2, -0.15) is 0 Å². The van der Waals surface area contributed by atoms with Gasteiger partial charge in [-0.25, -0.2) is 0 Å². The number of benzene rings is 2. The predicted octanol–water partition coefficient (Wildman–Crippen LogP) is 4.39. The molecule has 0 saturated heterocycles. The number of esters is 1. The molecule has 2 rings (SSSR count). The molecule has 0 spiro atoms. The van der Waals surface area contributed by atoms with Crippen molar-refractivity contribution < 1.29 is 14.3 Å². The molecule has 1 amide bonds. The molecular formula is C18H18ClNO3S. The highest BCUT2D eigenvalue weighted by molar-refractivity contribution is 8.00. The van der Waals surface area contributed by atoms with E-state index in [0.717, 1.165) is 4.90 Å². The largest absolute Gasteiger partial charge is 0.452 e. The van der Waals surface area contributed by atoms with Crippen LogP contribution in [0.25, 0.3) is 0 Å². The summed E-state index contributed by atoms with van der Waals surface area (Å²) in [6.45, 7) is 3.28. The normalized spacial score (nSPS) is 13.0. The van der Waals surface area contributed by atoms with E-state index in [2.05, 4.69) is 5.32 Å². The molecule has 6 heteroatoms. The zero-order valence-electron chi connectivity index (χ0n) is 13.4. The Kier molecular flexibility index (Phi) is 6.70. The lowest BCUT2D eigenvalue weighted by Crippen LogP contribution is -2.32. The highest BCUT2D eigenvalue weighted by Gasteiger charge is 2.23.